The zero-order valence-electron chi connectivity index (χ0n) is 14.0. The third-order valence-corrected chi connectivity index (χ3v) is 6.95. The van der Waals surface area contributed by atoms with Gasteiger partial charge in [0.1, 0.15) is 0 Å². The van der Waals surface area contributed by atoms with Crippen LogP contribution in [0.15, 0.2) is 0 Å². The van der Waals surface area contributed by atoms with Gasteiger partial charge in [-0.1, -0.05) is 6.92 Å². The van der Waals surface area contributed by atoms with Crippen LogP contribution in [0.1, 0.15) is 35.3 Å². The molecule has 6 nitrogen and oxygen atoms in total. The lowest BCUT2D eigenvalue weighted by molar-refractivity contribution is -0.121. The van der Waals surface area contributed by atoms with Gasteiger partial charge >= 0.3 is 0 Å². The Kier molecular flexibility index (Phi) is 6.16. The summed E-state index contributed by atoms with van der Waals surface area (Å²) in [7, 11) is -0.989. The first kappa shape index (κ1) is 18.4. The third-order valence-electron chi connectivity index (χ3n) is 4.19. The lowest BCUT2D eigenvalue weighted by atomic mass is 10.2. The highest BCUT2D eigenvalue weighted by Gasteiger charge is 2.30. The Bertz CT molecular complexity index is 655. The van der Waals surface area contributed by atoms with Crippen LogP contribution in [-0.4, -0.2) is 55.3 Å². The van der Waals surface area contributed by atoms with Gasteiger partial charge in [0.2, 0.25) is 5.91 Å². The molecule has 1 aliphatic rings. The second-order valence-electron chi connectivity index (χ2n) is 6.02. The Balaban J connectivity index is 1.75. The predicted octanol–water partition coefficient (Wildman–Crippen LogP) is 1.14. The van der Waals surface area contributed by atoms with Gasteiger partial charge in [0.15, 0.2) is 9.84 Å². The molecule has 130 valence electrons. The van der Waals surface area contributed by atoms with Gasteiger partial charge in [0.05, 0.1) is 28.8 Å². The molecule has 23 heavy (non-hydrogen) atoms. The molecule has 1 aliphatic heterocycles. The topological polar surface area (TPSA) is 79.4 Å². The summed E-state index contributed by atoms with van der Waals surface area (Å²) in [5, 5.41) is 3.96. The van der Waals surface area contributed by atoms with Crippen LogP contribution in [-0.2, 0) is 27.6 Å². The zero-order valence-corrected chi connectivity index (χ0v) is 15.6. The number of hydrogen-bond acceptors (Lipinski definition) is 6. The molecular formula is C15H25N3O3S2. The van der Waals surface area contributed by atoms with Crippen molar-refractivity contribution in [3.8, 4) is 0 Å². The second-order valence-corrected chi connectivity index (χ2v) is 9.54. The minimum Gasteiger partial charge on any atom is -0.351 e. The van der Waals surface area contributed by atoms with Gasteiger partial charge in [0.25, 0.3) is 0 Å². The number of aryl methyl sites for hydroxylation is 2. The SMILES string of the molecule is CCc1nc(C)sc1CNC(=O)CCN(C)[C@H]1CCS(=O)(=O)C1. The molecule has 0 aliphatic carbocycles. The molecule has 1 N–H and O–H groups in total. The van der Waals surface area contributed by atoms with Crippen LogP contribution in [0.4, 0.5) is 0 Å². The van der Waals surface area contributed by atoms with Gasteiger partial charge in [-0.15, -0.1) is 11.3 Å². The zero-order chi connectivity index (χ0) is 17.0. The Morgan fingerprint density at radius 1 is 1.48 bits per heavy atom. The lowest BCUT2D eigenvalue weighted by Crippen LogP contribution is -2.36. The van der Waals surface area contributed by atoms with E-state index in [9.17, 15) is 13.2 Å². The lowest BCUT2D eigenvalue weighted by Gasteiger charge is -2.22. The van der Waals surface area contributed by atoms with E-state index in [1.165, 1.54) is 0 Å². The van der Waals surface area contributed by atoms with Crippen LogP contribution < -0.4 is 5.32 Å². The fourth-order valence-corrected chi connectivity index (χ4v) is 5.55. The molecule has 2 rings (SSSR count). The maximum atomic E-state index is 12.0. The van der Waals surface area contributed by atoms with Crippen LogP contribution in [0.3, 0.4) is 0 Å². The van der Waals surface area contributed by atoms with E-state index >= 15 is 0 Å². The number of rotatable bonds is 7. The summed E-state index contributed by atoms with van der Waals surface area (Å²) < 4.78 is 23.0. The van der Waals surface area contributed by atoms with Gasteiger partial charge in [-0.2, -0.15) is 0 Å². The molecule has 0 radical (unpaired) electrons. The number of aromatic nitrogens is 1. The number of carbonyl (C=O) groups excluding carboxylic acids is 1. The normalized spacial score (nSPS) is 20.1. The molecule has 0 bridgehead atoms. The van der Waals surface area contributed by atoms with E-state index in [0.717, 1.165) is 22.0 Å². The number of nitrogens with one attached hydrogen (secondary N) is 1. The van der Waals surface area contributed by atoms with Crippen LogP contribution in [0.25, 0.3) is 0 Å². The molecular weight excluding hydrogens is 334 g/mol. The quantitative estimate of drug-likeness (QED) is 0.790. The van der Waals surface area contributed by atoms with Crippen molar-refractivity contribution in [1.82, 2.24) is 15.2 Å². The van der Waals surface area contributed by atoms with Crippen molar-refractivity contribution in [2.24, 2.45) is 0 Å². The van der Waals surface area contributed by atoms with Crippen molar-refractivity contribution in [3.05, 3.63) is 15.6 Å². The minimum atomic E-state index is -2.88. The van der Waals surface area contributed by atoms with Crippen molar-refractivity contribution in [2.45, 2.75) is 45.7 Å². The summed E-state index contributed by atoms with van der Waals surface area (Å²) in [6, 6.07) is 0.0450. The van der Waals surface area contributed by atoms with Gasteiger partial charge < -0.3 is 10.2 Å². The van der Waals surface area contributed by atoms with E-state index in [4.69, 9.17) is 0 Å². The summed E-state index contributed by atoms with van der Waals surface area (Å²) in [6.07, 6.45) is 1.92. The Morgan fingerprint density at radius 3 is 2.83 bits per heavy atom. The highest BCUT2D eigenvalue weighted by molar-refractivity contribution is 7.91. The molecule has 1 aromatic rings. The van der Waals surface area contributed by atoms with Crippen LogP contribution in [0.5, 0.6) is 0 Å². The van der Waals surface area contributed by atoms with Gasteiger partial charge in [0, 0.05) is 23.9 Å². The smallest absolute Gasteiger partial charge is 0.221 e. The van der Waals surface area contributed by atoms with E-state index in [0.29, 0.717) is 25.9 Å². The number of sulfone groups is 1. The largest absolute Gasteiger partial charge is 0.351 e. The summed E-state index contributed by atoms with van der Waals surface area (Å²) in [5.41, 5.74) is 1.06. The first-order valence-corrected chi connectivity index (χ1v) is 10.6. The van der Waals surface area contributed by atoms with E-state index in [-0.39, 0.29) is 23.5 Å². The molecule has 1 saturated heterocycles. The second kappa shape index (κ2) is 7.72. The van der Waals surface area contributed by atoms with E-state index < -0.39 is 9.84 Å². The van der Waals surface area contributed by atoms with Gasteiger partial charge in [-0.25, -0.2) is 13.4 Å². The third kappa shape index (κ3) is 5.26. The number of thiazole rings is 1. The molecule has 8 heteroatoms. The highest BCUT2D eigenvalue weighted by atomic mass is 32.2. The van der Waals surface area contributed by atoms with E-state index in [1.54, 1.807) is 11.3 Å². The molecule has 1 fully saturated rings. The maximum Gasteiger partial charge on any atom is 0.221 e. The molecule has 1 amide bonds. The van der Waals surface area contributed by atoms with Crippen molar-refractivity contribution in [2.75, 3.05) is 25.1 Å². The highest BCUT2D eigenvalue weighted by Crippen LogP contribution is 2.18. The van der Waals surface area contributed by atoms with Crippen LogP contribution in [0.2, 0.25) is 0 Å². The number of amides is 1. The monoisotopic (exact) mass is 359 g/mol. The Hall–Kier alpha value is -0.990. The van der Waals surface area contributed by atoms with Gasteiger partial charge in [-0.05, 0) is 26.8 Å². The molecule has 0 unspecified atom stereocenters. The molecule has 0 spiro atoms. The number of hydrogen-bond donors (Lipinski definition) is 1. The average Bonchev–Trinajstić information content (AvgIpc) is 3.04. The number of carbonyl (C=O) groups is 1. The van der Waals surface area contributed by atoms with E-state index in [2.05, 4.69) is 17.2 Å². The first-order valence-electron chi connectivity index (χ1n) is 7.93. The number of nitrogens with zero attached hydrogens (tertiary/aromatic N) is 2. The summed E-state index contributed by atoms with van der Waals surface area (Å²) in [6.45, 7) is 5.13. The fraction of sp³-hybridized carbons (Fsp3) is 0.733. The Labute approximate surface area is 142 Å². The first-order chi connectivity index (χ1) is 10.8. The fourth-order valence-electron chi connectivity index (χ4n) is 2.78. The van der Waals surface area contributed by atoms with Crippen LogP contribution in [0, 0.1) is 6.92 Å². The maximum absolute atomic E-state index is 12.0. The van der Waals surface area contributed by atoms with Crippen molar-refractivity contribution in [3.63, 3.8) is 0 Å². The molecule has 0 saturated carbocycles. The van der Waals surface area contributed by atoms with Crippen molar-refractivity contribution >= 4 is 27.1 Å². The van der Waals surface area contributed by atoms with Crippen LogP contribution >= 0.6 is 11.3 Å². The summed E-state index contributed by atoms with van der Waals surface area (Å²) in [5.74, 6) is 0.468. The standard InChI is InChI=1S/C15H25N3O3S2/c1-4-13-14(22-11(2)17-13)9-16-15(19)5-7-18(3)12-6-8-23(20,21)10-12/h12H,4-10H2,1-3H3,(H,16,19)/t12-/m0/s1. The predicted molar refractivity (Wildman–Crippen MR) is 92.4 cm³/mol. The van der Waals surface area contributed by atoms with E-state index in [1.807, 2.05) is 18.9 Å². The molecule has 1 aromatic heterocycles. The molecule has 0 aromatic carbocycles. The average molecular weight is 360 g/mol. The van der Waals surface area contributed by atoms with Crippen molar-refractivity contribution < 1.29 is 13.2 Å². The summed E-state index contributed by atoms with van der Waals surface area (Å²) >= 11 is 1.62. The Morgan fingerprint density at radius 2 is 2.22 bits per heavy atom. The van der Waals surface area contributed by atoms with Crippen molar-refractivity contribution in [1.29, 1.82) is 0 Å². The van der Waals surface area contributed by atoms with Gasteiger partial charge in [-0.3, -0.25) is 4.79 Å². The summed E-state index contributed by atoms with van der Waals surface area (Å²) in [4.78, 5) is 19.6. The molecule has 2 heterocycles. The minimum absolute atomic E-state index is 0.00851. The molecule has 1 atom stereocenters.